The predicted molar refractivity (Wildman–Crippen MR) is 49.6 cm³/mol. The van der Waals surface area contributed by atoms with Crippen LogP contribution in [0, 0.1) is 0 Å². The maximum Gasteiger partial charge on any atom is 0.431 e. The van der Waals surface area contributed by atoms with Gasteiger partial charge in [0.2, 0.25) is 0 Å². The zero-order chi connectivity index (χ0) is 11.2. The van der Waals surface area contributed by atoms with E-state index in [1.54, 1.807) is 0 Å². The molecule has 1 N–H and O–H groups in total. The zero-order valence-electron chi connectivity index (χ0n) is 7.84. The summed E-state index contributed by atoms with van der Waals surface area (Å²) in [6.45, 7) is 0. The van der Waals surface area contributed by atoms with Crippen LogP contribution in [-0.2, 0) is 13.2 Å². The lowest BCUT2D eigenvalue weighted by atomic mass is 10.2. The Bertz CT molecular complexity index is 513. The fourth-order valence-corrected chi connectivity index (χ4v) is 1.62. The number of rotatable bonds is 0. The summed E-state index contributed by atoms with van der Waals surface area (Å²) in [6.07, 6.45) is -4.40. The van der Waals surface area contributed by atoms with Crippen molar-refractivity contribution in [3.05, 3.63) is 30.0 Å². The Labute approximate surface area is 83.6 Å². The summed E-state index contributed by atoms with van der Waals surface area (Å²) in [6, 6.07) is 5.36. The van der Waals surface area contributed by atoms with Crippen LogP contribution in [-0.4, -0.2) is 9.67 Å². The molecule has 0 spiro atoms. The lowest BCUT2D eigenvalue weighted by Crippen LogP contribution is -2.10. The molecule has 1 heterocycles. The Morgan fingerprint density at radius 2 is 1.93 bits per heavy atom. The third-order valence-corrected chi connectivity index (χ3v) is 2.35. The van der Waals surface area contributed by atoms with Gasteiger partial charge in [-0.2, -0.15) is 13.2 Å². The highest BCUT2D eigenvalue weighted by molar-refractivity contribution is 5.87. The number of hydrogen-bond acceptors (Lipinski definition) is 1. The van der Waals surface area contributed by atoms with Gasteiger partial charge in [0, 0.05) is 12.4 Å². The minimum absolute atomic E-state index is 0.140. The van der Waals surface area contributed by atoms with Gasteiger partial charge in [-0.1, -0.05) is 6.07 Å². The molecule has 0 saturated carbocycles. The van der Waals surface area contributed by atoms with Gasteiger partial charge in [-0.25, -0.2) is 0 Å². The van der Waals surface area contributed by atoms with Crippen molar-refractivity contribution in [3.63, 3.8) is 0 Å². The average molecular weight is 215 g/mol. The summed E-state index contributed by atoms with van der Waals surface area (Å²) in [4.78, 5) is 0. The number of aryl methyl sites for hydroxylation is 1. The van der Waals surface area contributed by atoms with Gasteiger partial charge < -0.3 is 9.67 Å². The Kier molecular flexibility index (Phi) is 1.92. The number of halogens is 3. The maximum absolute atomic E-state index is 12.5. The quantitative estimate of drug-likeness (QED) is 0.718. The van der Waals surface area contributed by atoms with Crippen molar-refractivity contribution in [3.8, 4) is 5.75 Å². The van der Waals surface area contributed by atoms with E-state index in [0.29, 0.717) is 5.52 Å². The van der Waals surface area contributed by atoms with Gasteiger partial charge in [0.05, 0.1) is 5.52 Å². The van der Waals surface area contributed by atoms with Gasteiger partial charge in [0.1, 0.15) is 11.4 Å². The number of phenolic OH excluding ortho intramolecular Hbond substituents is 1. The first kappa shape index (κ1) is 9.89. The molecular formula is C10H8F3NO. The highest BCUT2D eigenvalue weighted by atomic mass is 19.4. The number of hydrogen-bond donors (Lipinski definition) is 1. The Balaban J connectivity index is 2.81. The van der Waals surface area contributed by atoms with Crippen LogP contribution < -0.4 is 0 Å². The van der Waals surface area contributed by atoms with Gasteiger partial charge in [-0.3, -0.25) is 0 Å². The summed E-state index contributed by atoms with van der Waals surface area (Å²) >= 11 is 0. The molecule has 0 unspecified atom stereocenters. The topological polar surface area (TPSA) is 25.2 Å². The van der Waals surface area contributed by atoms with Crippen LogP contribution in [0.25, 0.3) is 10.9 Å². The Morgan fingerprint density at radius 3 is 2.47 bits per heavy atom. The van der Waals surface area contributed by atoms with Crippen molar-refractivity contribution in [2.24, 2.45) is 7.05 Å². The van der Waals surface area contributed by atoms with Crippen LogP contribution in [0.4, 0.5) is 13.2 Å². The molecule has 5 heteroatoms. The third kappa shape index (κ3) is 1.44. The van der Waals surface area contributed by atoms with Gasteiger partial charge in [0.15, 0.2) is 0 Å². The molecule has 0 amide bonds. The fourth-order valence-electron chi connectivity index (χ4n) is 1.62. The molecule has 0 aliphatic carbocycles. The summed E-state index contributed by atoms with van der Waals surface area (Å²) in [5.74, 6) is -0.140. The molecular weight excluding hydrogens is 207 g/mol. The highest BCUT2D eigenvalue weighted by Gasteiger charge is 2.34. The molecule has 15 heavy (non-hydrogen) atoms. The SMILES string of the molecule is Cn1c(C(F)(F)F)cc2c(O)cccc21. The smallest absolute Gasteiger partial charge is 0.431 e. The van der Waals surface area contributed by atoms with Crippen molar-refractivity contribution < 1.29 is 18.3 Å². The fraction of sp³-hybridized carbons (Fsp3) is 0.200. The van der Waals surface area contributed by atoms with Crippen molar-refractivity contribution in [2.45, 2.75) is 6.18 Å². The molecule has 0 fully saturated rings. The summed E-state index contributed by atoms with van der Waals surface area (Å²) in [7, 11) is 1.32. The molecule has 0 radical (unpaired) electrons. The van der Waals surface area contributed by atoms with E-state index in [1.165, 1.54) is 25.2 Å². The van der Waals surface area contributed by atoms with E-state index in [-0.39, 0.29) is 11.1 Å². The maximum atomic E-state index is 12.5. The van der Waals surface area contributed by atoms with Crippen LogP contribution in [0.5, 0.6) is 5.75 Å². The minimum Gasteiger partial charge on any atom is -0.507 e. The third-order valence-electron chi connectivity index (χ3n) is 2.35. The van der Waals surface area contributed by atoms with Crippen molar-refractivity contribution >= 4 is 10.9 Å². The van der Waals surface area contributed by atoms with Crippen molar-refractivity contribution in [1.29, 1.82) is 0 Å². The molecule has 1 aromatic heterocycles. The molecule has 2 rings (SSSR count). The monoisotopic (exact) mass is 215 g/mol. The largest absolute Gasteiger partial charge is 0.507 e. The molecule has 0 saturated heterocycles. The van der Waals surface area contributed by atoms with Crippen LogP contribution >= 0.6 is 0 Å². The van der Waals surface area contributed by atoms with Crippen LogP contribution in [0.2, 0.25) is 0 Å². The lowest BCUT2D eigenvalue weighted by molar-refractivity contribution is -0.142. The Hall–Kier alpha value is -1.65. The average Bonchev–Trinajstić information content (AvgIpc) is 2.45. The van der Waals surface area contributed by atoms with Crippen molar-refractivity contribution in [1.82, 2.24) is 4.57 Å². The second kappa shape index (κ2) is 2.92. The number of alkyl halides is 3. The van der Waals surface area contributed by atoms with E-state index in [9.17, 15) is 18.3 Å². The second-order valence-electron chi connectivity index (χ2n) is 3.30. The van der Waals surface area contributed by atoms with Gasteiger partial charge in [-0.05, 0) is 18.2 Å². The number of fused-ring (bicyclic) bond motifs is 1. The highest BCUT2D eigenvalue weighted by Crippen LogP contribution is 2.35. The predicted octanol–water partition coefficient (Wildman–Crippen LogP) is 2.90. The van der Waals surface area contributed by atoms with E-state index in [0.717, 1.165) is 10.6 Å². The van der Waals surface area contributed by atoms with E-state index in [4.69, 9.17) is 0 Å². The van der Waals surface area contributed by atoms with Crippen LogP contribution in [0.15, 0.2) is 24.3 Å². The first-order chi connectivity index (χ1) is 6.91. The molecule has 0 atom stereocenters. The number of benzene rings is 1. The molecule has 2 aromatic rings. The molecule has 0 aliphatic rings. The van der Waals surface area contributed by atoms with Gasteiger partial charge in [0.25, 0.3) is 0 Å². The summed E-state index contributed by atoms with van der Waals surface area (Å²) < 4.78 is 38.6. The van der Waals surface area contributed by atoms with Crippen LogP contribution in [0.1, 0.15) is 5.69 Å². The molecule has 0 bridgehead atoms. The van der Waals surface area contributed by atoms with Crippen LogP contribution in [0.3, 0.4) is 0 Å². The van der Waals surface area contributed by atoms with E-state index in [2.05, 4.69) is 0 Å². The number of aromatic nitrogens is 1. The minimum atomic E-state index is -4.40. The van der Waals surface area contributed by atoms with E-state index < -0.39 is 11.9 Å². The Morgan fingerprint density at radius 1 is 1.27 bits per heavy atom. The number of aromatic hydroxyl groups is 1. The molecule has 1 aromatic carbocycles. The van der Waals surface area contributed by atoms with E-state index >= 15 is 0 Å². The summed E-state index contributed by atoms with van der Waals surface area (Å²) in [5.41, 5.74) is -0.402. The van der Waals surface area contributed by atoms with Crippen molar-refractivity contribution in [2.75, 3.05) is 0 Å². The molecule has 80 valence electrons. The zero-order valence-corrected chi connectivity index (χ0v) is 7.84. The van der Waals surface area contributed by atoms with Gasteiger partial charge in [-0.15, -0.1) is 0 Å². The van der Waals surface area contributed by atoms with E-state index in [1.807, 2.05) is 0 Å². The lowest BCUT2D eigenvalue weighted by Gasteiger charge is -2.07. The molecule has 0 aliphatic heterocycles. The molecule has 2 nitrogen and oxygen atoms in total. The number of nitrogens with zero attached hydrogens (tertiary/aromatic N) is 1. The standard InChI is InChI=1S/C10H8F3NO/c1-14-7-3-2-4-8(15)6(7)5-9(14)10(11,12)13/h2-5,15H,1H3. The first-order valence-electron chi connectivity index (χ1n) is 4.26. The second-order valence-corrected chi connectivity index (χ2v) is 3.30. The first-order valence-corrected chi connectivity index (χ1v) is 4.26. The summed E-state index contributed by atoms with van der Waals surface area (Å²) in [5, 5.41) is 9.61. The normalized spacial score (nSPS) is 12.3. The number of phenols is 1. The van der Waals surface area contributed by atoms with Gasteiger partial charge >= 0.3 is 6.18 Å².